The second kappa shape index (κ2) is 7.37. The highest BCUT2D eigenvalue weighted by molar-refractivity contribution is 5.67. The highest BCUT2D eigenvalue weighted by atomic mass is 16.6. The molecule has 1 amide bonds. The molecule has 9 nitrogen and oxygen atoms in total. The minimum atomic E-state index is -0.368. The summed E-state index contributed by atoms with van der Waals surface area (Å²) >= 11 is 0. The maximum absolute atomic E-state index is 11.7. The standard InChI is InChI=1S/C16H22N6O3/c1-9(2)19-16(24)25-11-4-3-10(5-11)12-6-14(22-21-12)20-13-7-15(23)18-8-17-13/h6-11H,3-5H2,1-2H3,(H,19,24)(H3,17,18,20,21,22,23). The lowest BCUT2D eigenvalue weighted by atomic mass is 10.0. The number of anilines is 2. The number of hydrogen-bond acceptors (Lipinski definition) is 6. The van der Waals surface area contributed by atoms with Crippen molar-refractivity contribution in [1.82, 2.24) is 25.5 Å². The molecule has 0 saturated heterocycles. The Morgan fingerprint density at radius 3 is 2.92 bits per heavy atom. The van der Waals surface area contributed by atoms with Crippen LogP contribution in [0.2, 0.25) is 0 Å². The van der Waals surface area contributed by atoms with E-state index < -0.39 is 0 Å². The predicted octanol–water partition coefficient (Wildman–Crippen LogP) is 2.01. The molecule has 4 N–H and O–H groups in total. The molecule has 1 aliphatic rings. The molecule has 0 radical (unpaired) electrons. The van der Waals surface area contributed by atoms with Crippen LogP contribution in [0, 0.1) is 0 Å². The first-order valence-corrected chi connectivity index (χ1v) is 8.34. The van der Waals surface area contributed by atoms with Gasteiger partial charge < -0.3 is 20.4 Å². The van der Waals surface area contributed by atoms with Gasteiger partial charge in [0, 0.05) is 29.8 Å². The molecule has 25 heavy (non-hydrogen) atoms. The number of amides is 1. The summed E-state index contributed by atoms with van der Waals surface area (Å²) in [5.41, 5.74) is 0.742. The third-order valence-electron chi connectivity index (χ3n) is 4.04. The first-order valence-electron chi connectivity index (χ1n) is 8.34. The molecule has 0 aromatic carbocycles. The summed E-state index contributed by atoms with van der Waals surface area (Å²) in [5, 5.41) is 12.9. The molecule has 1 fully saturated rings. The summed E-state index contributed by atoms with van der Waals surface area (Å²) in [4.78, 5) is 29.4. The number of carbonyl (C=O) groups excluding carboxylic acids is 1. The van der Waals surface area contributed by atoms with E-state index >= 15 is 0 Å². The molecule has 2 unspecified atom stereocenters. The van der Waals surface area contributed by atoms with Gasteiger partial charge in [-0.25, -0.2) is 9.78 Å². The summed E-state index contributed by atoms with van der Waals surface area (Å²) in [6.45, 7) is 3.79. The lowest BCUT2D eigenvalue weighted by Crippen LogP contribution is -2.33. The third-order valence-corrected chi connectivity index (χ3v) is 4.04. The maximum Gasteiger partial charge on any atom is 0.407 e. The number of nitrogens with one attached hydrogen (secondary N) is 4. The van der Waals surface area contributed by atoms with E-state index in [4.69, 9.17) is 4.74 Å². The van der Waals surface area contributed by atoms with Crippen LogP contribution < -0.4 is 16.2 Å². The van der Waals surface area contributed by atoms with Crippen LogP contribution in [0.25, 0.3) is 0 Å². The average Bonchev–Trinajstić information content (AvgIpc) is 3.15. The smallest absolute Gasteiger partial charge is 0.407 e. The van der Waals surface area contributed by atoms with Gasteiger partial charge in [0.25, 0.3) is 5.56 Å². The fourth-order valence-corrected chi connectivity index (χ4v) is 2.93. The van der Waals surface area contributed by atoms with Crippen LogP contribution in [0.4, 0.5) is 16.4 Å². The van der Waals surface area contributed by atoms with Crippen molar-refractivity contribution >= 4 is 17.7 Å². The van der Waals surface area contributed by atoms with Gasteiger partial charge in [0.15, 0.2) is 5.82 Å². The molecule has 2 atom stereocenters. The summed E-state index contributed by atoms with van der Waals surface area (Å²) in [5.74, 6) is 1.28. The van der Waals surface area contributed by atoms with Crippen LogP contribution in [0.15, 0.2) is 23.3 Å². The quantitative estimate of drug-likeness (QED) is 0.656. The molecule has 1 saturated carbocycles. The van der Waals surface area contributed by atoms with Gasteiger partial charge in [-0.2, -0.15) is 5.10 Å². The highest BCUT2D eigenvalue weighted by Gasteiger charge is 2.30. The fraction of sp³-hybridized carbons (Fsp3) is 0.500. The number of ether oxygens (including phenoxy) is 1. The number of aromatic amines is 2. The zero-order valence-electron chi connectivity index (χ0n) is 14.2. The monoisotopic (exact) mass is 346 g/mol. The van der Waals surface area contributed by atoms with Crippen LogP contribution in [0.3, 0.4) is 0 Å². The van der Waals surface area contributed by atoms with E-state index in [1.54, 1.807) is 0 Å². The number of H-pyrrole nitrogens is 2. The van der Waals surface area contributed by atoms with Crippen molar-refractivity contribution in [3.8, 4) is 0 Å². The van der Waals surface area contributed by atoms with Gasteiger partial charge >= 0.3 is 6.09 Å². The van der Waals surface area contributed by atoms with Crippen molar-refractivity contribution in [3.05, 3.63) is 34.5 Å². The SMILES string of the molecule is CC(C)NC(=O)OC1CCC(c2cc(Nc3cc(=O)[nH]cn3)n[nH]2)C1. The van der Waals surface area contributed by atoms with Gasteiger partial charge in [0.1, 0.15) is 11.9 Å². The Hall–Kier alpha value is -2.84. The van der Waals surface area contributed by atoms with Crippen molar-refractivity contribution in [2.45, 2.75) is 51.2 Å². The minimum absolute atomic E-state index is 0.0600. The zero-order chi connectivity index (χ0) is 17.8. The Balaban J connectivity index is 1.56. The molecule has 0 aliphatic heterocycles. The zero-order valence-corrected chi connectivity index (χ0v) is 14.2. The Morgan fingerprint density at radius 2 is 2.16 bits per heavy atom. The Kier molecular flexibility index (Phi) is 5.01. The predicted molar refractivity (Wildman–Crippen MR) is 91.9 cm³/mol. The topological polar surface area (TPSA) is 125 Å². The molecule has 134 valence electrons. The lowest BCUT2D eigenvalue weighted by molar-refractivity contribution is 0.0981. The van der Waals surface area contributed by atoms with E-state index in [1.807, 2.05) is 19.9 Å². The summed E-state index contributed by atoms with van der Waals surface area (Å²) in [6, 6.07) is 3.32. The molecule has 2 aromatic rings. The van der Waals surface area contributed by atoms with E-state index in [0.717, 1.165) is 25.0 Å². The van der Waals surface area contributed by atoms with Crippen LogP contribution >= 0.6 is 0 Å². The maximum atomic E-state index is 11.7. The van der Waals surface area contributed by atoms with Gasteiger partial charge in [-0.1, -0.05) is 0 Å². The van der Waals surface area contributed by atoms with Crippen molar-refractivity contribution in [1.29, 1.82) is 0 Å². The summed E-state index contributed by atoms with van der Waals surface area (Å²) in [7, 11) is 0. The van der Waals surface area contributed by atoms with E-state index in [-0.39, 0.29) is 29.7 Å². The largest absolute Gasteiger partial charge is 0.446 e. The normalized spacial score (nSPS) is 19.8. The number of rotatable bonds is 5. The summed E-state index contributed by atoms with van der Waals surface area (Å²) in [6.07, 6.45) is 3.39. The molecule has 2 heterocycles. The second-order valence-electron chi connectivity index (χ2n) is 6.47. The van der Waals surface area contributed by atoms with Gasteiger partial charge in [0.2, 0.25) is 0 Å². The van der Waals surface area contributed by atoms with Gasteiger partial charge in [-0.3, -0.25) is 9.89 Å². The molecular weight excluding hydrogens is 324 g/mol. The lowest BCUT2D eigenvalue weighted by Gasteiger charge is -2.14. The van der Waals surface area contributed by atoms with Crippen molar-refractivity contribution in [2.24, 2.45) is 0 Å². The Morgan fingerprint density at radius 1 is 1.32 bits per heavy atom. The first kappa shape index (κ1) is 17.0. The molecular formula is C16H22N6O3. The Bertz CT molecular complexity index is 784. The van der Waals surface area contributed by atoms with Crippen LogP contribution in [0.1, 0.15) is 44.7 Å². The molecule has 2 aromatic heterocycles. The van der Waals surface area contributed by atoms with E-state index in [9.17, 15) is 9.59 Å². The molecule has 1 aliphatic carbocycles. The minimum Gasteiger partial charge on any atom is -0.446 e. The number of carbonyl (C=O) groups is 1. The van der Waals surface area contributed by atoms with Crippen LogP contribution in [-0.2, 0) is 4.74 Å². The van der Waals surface area contributed by atoms with Crippen LogP contribution in [0.5, 0.6) is 0 Å². The number of hydrogen-bond donors (Lipinski definition) is 4. The van der Waals surface area contributed by atoms with Crippen molar-refractivity contribution in [2.75, 3.05) is 5.32 Å². The van der Waals surface area contributed by atoms with Crippen molar-refractivity contribution in [3.63, 3.8) is 0 Å². The van der Waals surface area contributed by atoms with E-state index in [2.05, 4.69) is 30.8 Å². The molecule has 3 rings (SSSR count). The molecule has 0 spiro atoms. The number of alkyl carbamates (subject to hydrolysis) is 1. The van der Waals surface area contributed by atoms with Gasteiger partial charge in [0.05, 0.1) is 6.33 Å². The van der Waals surface area contributed by atoms with Gasteiger partial charge in [-0.05, 0) is 33.1 Å². The number of nitrogens with zero attached hydrogens (tertiary/aromatic N) is 2. The van der Waals surface area contributed by atoms with E-state index in [1.165, 1.54) is 12.4 Å². The van der Waals surface area contributed by atoms with Crippen molar-refractivity contribution < 1.29 is 9.53 Å². The van der Waals surface area contributed by atoms with Crippen LogP contribution in [-0.4, -0.2) is 38.4 Å². The van der Waals surface area contributed by atoms with Gasteiger partial charge in [-0.15, -0.1) is 0 Å². The summed E-state index contributed by atoms with van der Waals surface area (Å²) < 4.78 is 5.44. The van der Waals surface area contributed by atoms with E-state index in [0.29, 0.717) is 11.6 Å². The Labute approximate surface area is 144 Å². The molecule has 9 heteroatoms. The third kappa shape index (κ3) is 4.59. The highest BCUT2D eigenvalue weighted by Crippen LogP contribution is 2.36. The first-order chi connectivity index (χ1) is 12.0. The second-order valence-corrected chi connectivity index (χ2v) is 6.47. The number of aromatic nitrogens is 4. The average molecular weight is 346 g/mol. The fourth-order valence-electron chi connectivity index (χ4n) is 2.93. The molecule has 0 bridgehead atoms.